The van der Waals surface area contributed by atoms with Crippen molar-refractivity contribution in [3.05, 3.63) is 64.7 Å². The normalized spacial score (nSPS) is 12.5. The van der Waals surface area contributed by atoms with Gasteiger partial charge < -0.3 is 9.84 Å². The standard InChI is InChI=1S/C41H64O3/c1-8-9-10-11-12-13-14-15-16-17-18-19-20-21-22-26-29-44-39(43)35(30-33-27-24-23-25-28-33)34-31-36(40(2,3)4)38(42)37(32-34)41(5,6)7/h23-25,27-28,30-32,42H,8-22,26,29H2,1-7H3. The van der Waals surface area contributed by atoms with Crippen molar-refractivity contribution in [1.82, 2.24) is 0 Å². The van der Waals surface area contributed by atoms with Crippen molar-refractivity contribution in [1.29, 1.82) is 0 Å². The van der Waals surface area contributed by atoms with Gasteiger partial charge in [-0.15, -0.1) is 0 Å². The molecule has 0 aromatic heterocycles. The van der Waals surface area contributed by atoms with Gasteiger partial charge in [-0.05, 0) is 46.6 Å². The molecule has 0 unspecified atom stereocenters. The van der Waals surface area contributed by atoms with Crippen molar-refractivity contribution in [3.63, 3.8) is 0 Å². The van der Waals surface area contributed by atoms with Crippen LogP contribution >= 0.6 is 0 Å². The number of ether oxygens (including phenoxy) is 1. The molecule has 0 fully saturated rings. The van der Waals surface area contributed by atoms with E-state index in [-0.39, 0.29) is 16.8 Å². The van der Waals surface area contributed by atoms with Gasteiger partial charge >= 0.3 is 5.97 Å². The Hall–Kier alpha value is -2.55. The number of phenols is 1. The number of hydrogen-bond donors (Lipinski definition) is 1. The molecule has 0 atom stereocenters. The fourth-order valence-electron chi connectivity index (χ4n) is 5.80. The van der Waals surface area contributed by atoms with E-state index >= 15 is 0 Å². The Morgan fingerprint density at radius 3 is 1.48 bits per heavy atom. The summed E-state index contributed by atoms with van der Waals surface area (Å²) in [5.41, 5.74) is 3.38. The van der Waals surface area contributed by atoms with E-state index in [2.05, 4.69) is 48.5 Å². The minimum Gasteiger partial charge on any atom is -0.507 e. The van der Waals surface area contributed by atoms with E-state index in [1.165, 1.54) is 89.9 Å². The highest BCUT2D eigenvalue weighted by Crippen LogP contribution is 2.41. The Morgan fingerprint density at radius 1 is 0.659 bits per heavy atom. The smallest absolute Gasteiger partial charge is 0.338 e. The predicted octanol–water partition coefficient (Wildman–Crippen LogP) is 12.3. The molecule has 0 radical (unpaired) electrons. The second-order valence-electron chi connectivity index (χ2n) is 14.8. The van der Waals surface area contributed by atoms with E-state index in [1.807, 2.05) is 48.5 Å². The van der Waals surface area contributed by atoms with Gasteiger partial charge in [0, 0.05) is 11.1 Å². The van der Waals surface area contributed by atoms with Crippen LogP contribution in [0.25, 0.3) is 11.6 Å². The molecule has 3 heteroatoms. The first-order valence-electron chi connectivity index (χ1n) is 17.8. The van der Waals surface area contributed by atoms with Gasteiger partial charge in [-0.3, -0.25) is 0 Å². The summed E-state index contributed by atoms with van der Waals surface area (Å²) < 4.78 is 5.86. The summed E-state index contributed by atoms with van der Waals surface area (Å²) in [7, 11) is 0. The minimum absolute atomic E-state index is 0.282. The molecule has 0 heterocycles. The molecular weight excluding hydrogens is 540 g/mol. The first-order chi connectivity index (χ1) is 20.9. The lowest BCUT2D eigenvalue weighted by atomic mass is 9.77. The van der Waals surface area contributed by atoms with Crippen LogP contribution in [0.1, 0.15) is 173 Å². The molecule has 3 nitrogen and oxygen atoms in total. The first kappa shape index (κ1) is 37.6. The highest BCUT2D eigenvalue weighted by molar-refractivity contribution is 6.21. The molecule has 0 aliphatic heterocycles. The summed E-state index contributed by atoms with van der Waals surface area (Å²) >= 11 is 0. The molecule has 2 rings (SSSR count). The van der Waals surface area contributed by atoms with Crippen LogP contribution in [0.2, 0.25) is 0 Å². The van der Waals surface area contributed by atoms with Crippen LogP contribution in [0.5, 0.6) is 5.75 Å². The number of esters is 1. The van der Waals surface area contributed by atoms with Crippen LogP contribution in [-0.2, 0) is 20.4 Å². The van der Waals surface area contributed by atoms with E-state index in [1.54, 1.807) is 0 Å². The molecule has 0 bridgehead atoms. The Bertz CT molecular complexity index is 1080. The number of phenolic OH excluding ortho intramolecular Hbond substituents is 1. The Kier molecular flexibility index (Phi) is 16.9. The molecule has 44 heavy (non-hydrogen) atoms. The topological polar surface area (TPSA) is 46.5 Å². The van der Waals surface area contributed by atoms with E-state index in [0.717, 1.165) is 35.1 Å². The van der Waals surface area contributed by atoms with Crippen LogP contribution < -0.4 is 0 Å². The van der Waals surface area contributed by atoms with E-state index in [0.29, 0.717) is 17.9 Å². The van der Waals surface area contributed by atoms with Gasteiger partial charge in [0.2, 0.25) is 0 Å². The Morgan fingerprint density at radius 2 is 1.07 bits per heavy atom. The third kappa shape index (κ3) is 14.0. The second kappa shape index (κ2) is 19.8. The molecule has 2 aromatic rings. The van der Waals surface area contributed by atoms with Gasteiger partial charge in [-0.2, -0.15) is 0 Å². The van der Waals surface area contributed by atoms with Crippen LogP contribution in [-0.4, -0.2) is 17.7 Å². The van der Waals surface area contributed by atoms with Crippen molar-refractivity contribution in [2.45, 2.75) is 162 Å². The summed E-state index contributed by atoms with van der Waals surface area (Å²) in [4.78, 5) is 13.6. The summed E-state index contributed by atoms with van der Waals surface area (Å²) in [5.74, 6) is 0.00886. The molecule has 0 aliphatic rings. The molecule has 0 spiro atoms. The maximum atomic E-state index is 13.6. The fourth-order valence-corrected chi connectivity index (χ4v) is 5.80. The monoisotopic (exact) mass is 604 g/mol. The zero-order chi connectivity index (χ0) is 32.4. The lowest BCUT2D eigenvalue weighted by Gasteiger charge is -2.28. The quantitative estimate of drug-likeness (QED) is 0.0707. The SMILES string of the molecule is CCCCCCCCCCCCCCCCCCOC(=O)C(=Cc1ccccc1)c1cc(C(C)(C)C)c(O)c(C(C)(C)C)c1. The predicted molar refractivity (Wildman–Crippen MR) is 190 cm³/mol. The number of benzene rings is 2. The zero-order valence-electron chi connectivity index (χ0n) is 29.4. The second-order valence-corrected chi connectivity index (χ2v) is 14.8. The molecule has 0 saturated carbocycles. The van der Waals surface area contributed by atoms with Crippen molar-refractivity contribution in [3.8, 4) is 5.75 Å². The number of aromatic hydroxyl groups is 1. The van der Waals surface area contributed by atoms with Gasteiger partial charge in [-0.25, -0.2) is 4.79 Å². The van der Waals surface area contributed by atoms with Crippen LogP contribution in [0.15, 0.2) is 42.5 Å². The van der Waals surface area contributed by atoms with Crippen LogP contribution in [0, 0.1) is 0 Å². The molecule has 0 aliphatic carbocycles. The summed E-state index contributed by atoms with van der Waals surface area (Å²) in [6.07, 6.45) is 23.0. The van der Waals surface area contributed by atoms with Gasteiger partial charge in [-0.1, -0.05) is 175 Å². The summed E-state index contributed by atoms with van der Waals surface area (Å²) in [5, 5.41) is 11.2. The minimum atomic E-state index is -0.305. The van der Waals surface area contributed by atoms with Crippen molar-refractivity contribution >= 4 is 17.6 Å². The highest BCUT2D eigenvalue weighted by Gasteiger charge is 2.28. The Balaban J connectivity index is 1.86. The fraction of sp³-hybridized carbons (Fsp3) is 0.634. The third-order valence-corrected chi connectivity index (χ3v) is 8.60. The average Bonchev–Trinajstić information content (AvgIpc) is 2.97. The number of rotatable bonds is 20. The lowest BCUT2D eigenvalue weighted by molar-refractivity contribution is -0.136. The van der Waals surface area contributed by atoms with Crippen LogP contribution in [0.3, 0.4) is 0 Å². The lowest BCUT2D eigenvalue weighted by Crippen LogP contribution is -2.18. The molecule has 1 N–H and O–H groups in total. The van der Waals surface area contributed by atoms with Gasteiger partial charge in [0.25, 0.3) is 0 Å². The summed E-state index contributed by atoms with van der Waals surface area (Å²) in [6, 6.07) is 13.9. The highest BCUT2D eigenvalue weighted by atomic mass is 16.5. The number of carbonyl (C=O) groups excluding carboxylic acids is 1. The molecule has 246 valence electrons. The molecule has 0 saturated heterocycles. The average molecular weight is 605 g/mol. The van der Waals surface area contributed by atoms with Gasteiger partial charge in [0.05, 0.1) is 12.2 Å². The van der Waals surface area contributed by atoms with Crippen molar-refractivity contribution in [2.24, 2.45) is 0 Å². The first-order valence-corrected chi connectivity index (χ1v) is 17.8. The number of hydrogen-bond acceptors (Lipinski definition) is 3. The largest absolute Gasteiger partial charge is 0.507 e. The zero-order valence-corrected chi connectivity index (χ0v) is 29.4. The summed E-state index contributed by atoms with van der Waals surface area (Å²) in [6.45, 7) is 15.3. The number of unbranched alkanes of at least 4 members (excludes halogenated alkanes) is 15. The third-order valence-electron chi connectivity index (χ3n) is 8.60. The maximum absolute atomic E-state index is 13.6. The van der Waals surface area contributed by atoms with E-state index in [4.69, 9.17) is 4.74 Å². The van der Waals surface area contributed by atoms with Crippen LogP contribution in [0.4, 0.5) is 0 Å². The van der Waals surface area contributed by atoms with Crippen molar-refractivity contribution in [2.75, 3.05) is 6.61 Å². The maximum Gasteiger partial charge on any atom is 0.338 e. The molecule has 2 aromatic carbocycles. The molecular formula is C41H64O3. The van der Waals surface area contributed by atoms with E-state index in [9.17, 15) is 9.90 Å². The van der Waals surface area contributed by atoms with Gasteiger partial charge in [0.1, 0.15) is 5.75 Å². The number of carbonyl (C=O) groups is 1. The Labute approximate surface area is 270 Å². The van der Waals surface area contributed by atoms with E-state index < -0.39 is 0 Å². The van der Waals surface area contributed by atoms with Gasteiger partial charge in [0.15, 0.2) is 0 Å². The van der Waals surface area contributed by atoms with Crippen molar-refractivity contribution < 1.29 is 14.6 Å². The molecule has 0 amide bonds.